The number of hydrogen-bond acceptors (Lipinski definition) is 4. The number of amides is 1. The summed E-state index contributed by atoms with van der Waals surface area (Å²) < 4.78 is 28.0. The van der Waals surface area contributed by atoms with Crippen LogP contribution in [0.2, 0.25) is 0 Å². The van der Waals surface area contributed by atoms with Crippen LogP contribution in [-0.2, 0) is 10.0 Å². The van der Waals surface area contributed by atoms with Crippen molar-refractivity contribution in [3.05, 3.63) is 59.2 Å². The summed E-state index contributed by atoms with van der Waals surface area (Å²) in [6.45, 7) is 7.69. The minimum absolute atomic E-state index is 0.0294. The molecule has 0 aliphatic heterocycles. The van der Waals surface area contributed by atoms with E-state index in [1.165, 1.54) is 12.1 Å². The average Bonchev–Trinajstić information content (AvgIpc) is 2.59. The van der Waals surface area contributed by atoms with Gasteiger partial charge in [-0.2, -0.15) is 0 Å². The smallest absolute Gasteiger partial charge is 0.261 e. The number of benzene rings is 2. The van der Waals surface area contributed by atoms with Crippen molar-refractivity contribution in [2.75, 3.05) is 11.3 Å². The molecule has 0 spiro atoms. The SMILES string of the molecule is Cc1cccc(NS(=O)(=O)c2ccc(C)c(C(=O)NCC(C)CC(C)O)c2)c1. The van der Waals surface area contributed by atoms with Crippen LogP contribution in [0.1, 0.15) is 41.8 Å². The van der Waals surface area contributed by atoms with E-state index in [1.807, 2.05) is 19.9 Å². The highest BCUT2D eigenvalue weighted by atomic mass is 32.2. The van der Waals surface area contributed by atoms with E-state index in [4.69, 9.17) is 0 Å². The third-order valence-electron chi connectivity index (χ3n) is 4.39. The minimum atomic E-state index is -3.81. The van der Waals surface area contributed by atoms with Crippen molar-refractivity contribution in [1.82, 2.24) is 5.32 Å². The summed E-state index contributed by atoms with van der Waals surface area (Å²) in [5.41, 5.74) is 2.42. The van der Waals surface area contributed by atoms with Crippen molar-refractivity contribution >= 4 is 21.6 Å². The molecule has 0 radical (unpaired) electrons. The van der Waals surface area contributed by atoms with Crippen molar-refractivity contribution in [3.8, 4) is 0 Å². The van der Waals surface area contributed by atoms with Gasteiger partial charge in [-0.15, -0.1) is 0 Å². The second kappa shape index (κ2) is 9.21. The number of nitrogens with one attached hydrogen (secondary N) is 2. The Morgan fingerprint density at radius 3 is 2.46 bits per heavy atom. The number of hydrogen-bond donors (Lipinski definition) is 3. The molecule has 2 aromatic rings. The number of aliphatic hydroxyl groups is 1. The van der Waals surface area contributed by atoms with Crippen molar-refractivity contribution < 1.29 is 18.3 Å². The molecule has 152 valence electrons. The lowest BCUT2D eigenvalue weighted by Crippen LogP contribution is -2.30. The predicted octanol–water partition coefficient (Wildman–Crippen LogP) is 3.24. The molecule has 0 bridgehead atoms. The van der Waals surface area contributed by atoms with E-state index < -0.39 is 16.1 Å². The molecule has 2 atom stereocenters. The van der Waals surface area contributed by atoms with Gasteiger partial charge in [0.05, 0.1) is 11.0 Å². The highest BCUT2D eigenvalue weighted by molar-refractivity contribution is 7.92. The highest BCUT2D eigenvalue weighted by Gasteiger charge is 2.19. The number of aliphatic hydroxyl groups excluding tert-OH is 1. The van der Waals surface area contributed by atoms with Crippen molar-refractivity contribution in [2.45, 2.75) is 45.1 Å². The second-order valence-corrected chi connectivity index (χ2v) is 9.03. The van der Waals surface area contributed by atoms with E-state index in [9.17, 15) is 18.3 Å². The number of anilines is 1. The first-order chi connectivity index (χ1) is 13.1. The van der Waals surface area contributed by atoms with Crippen molar-refractivity contribution in [2.24, 2.45) is 5.92 Å². The fourth-order valence-corrected chi connectivity index (χ4v) is 4.04. The van der Waals surface area contributed by atoms with Crippen LogP contribution in [0, 0.1) is 19.8 Å². The largest absolute Gasteiger partial charge is 0.393 e. The van der Waals surface area contributed by atoms with E-state index in [-0.39, 0.29) is 16.7 Å². The van der Waals surface area contributed by atoms with Crippen LogP contribution in [0.25, 0.3) is 0 Å². The maximum atomic E-state index is 12.7. The van der Waals surface area contributed by atoms with Gasteiger partial charge in [0, 0.05) is 17.8 Å². The molecule has 2 unspecified atom stereocenters. The minimum Gasteiger partial charge on any atom is -0.393 e. The Morgan fingerprint density at radius 1 is 1.11 bits per heavy atom. The summed E-state index contributed by atoms with van der Waals surface area (Å²) in [6.07, 6.45) is 0.142. The number of carbonyl (C=O) groups is 1. The summed E-state index contributed by atoms with van der Waals surface area (Å²) in [7, 11) is -3.81. The van der Waals surface area contributed by atoms with E-state index in [0.29, 0.717) is 29.8 Å². The summed E-state index contributed by atoms with van der Waals surface area (Å²) >= 11 is 0. The van der Waals surface area contributed by atoms with Crippen LogP contribution in [0.5, 0.6) is 0 Å². The summed E-state index contributed by atoms with van der Waals surface area (Å²) in [5, 5.41) is 12.2. The van der Waals surface area contributed by atoms with E-state index >= 15 is 0 Å². The Hall–Kier alpha value is -2.38. The van der Waals surface area contributed by atoms with Gasteiger partial charge in [0.25, 0.3) is 15.9 Å². The molecular formula is C21H28N2O4S. The summed E-state index contributed by atoms with van der Waals surface area (Å²) in [5.74, 6) is -0.221. The monoisotopic (exact) mass is 404 g/mol. The van der Waals surface area contributed by atoms with E-state index in [1.54, 1.807) is 38.1 Å². The van der Waals surface area contributed by atoms with Gasteiger partial charge in [-0.25, -0.2) is 8.42 Å². The van der Waals surface area contributed by atoms with Gasteiger partial charge in [-0.3, -0.25) is 9.52 Å². The van der Waals surface area contributed by atoms with Crippen LogP contribution in [-0.4, -0.2) is 32.1 Å². The first-order valence-corrected chi connectivity index (χ1v) is 10.7. The van der Waals surface area contributed by atoms with Gasteiger partial charge in [-0.05, 0) is 68.5 Å². The molecule has 0 aromatic heterocycles. The third kappa shape index (κ3) is 6.07. The molecule has 2 rings (SSSR count). The first-order valence-electron chi connectivity index (χ1n) is 9.25. The highest BCUT2D eigenvalue weighted by Crippen LogP contribution is 2.20. The molecule has 1 amide bonds. The lowest BCUT2D eigenvalue weighted by molar-refractivity contribution is 0.0938. The van der Waals surface area contributed by atoms with E-state index in [0.717, 1.165) is 5.56 Å². The van der Waals surface area contributed by atoms with Crippen LogP contribution < -0.4 is 10.0 Å². The Balaban J connectivity index is 2.18. The quantitative estimate of drug-likeness (QED) is 0.629. The molecular weight excluding hydrogens is 376 g/mol. The normalized spacial score (nSPS) is 13.6. The second-order valence-electron chi connectivity index (χ2n) is 7.35. The lowest BCUT2D eigenvalue weighted by atomic mass is 10.0. The number of sulfonamides is 1. The maximum Gasteiger partial charge on any atom is 0.261 e. The fraction of sp³-hybridized carbons (Fsp3) is 0.381. The molecule has 7 heteroatoms. The van der Waals surface area contributed by atoms with Gasteiger partial charge < -0.3 is 10.4 Å². The van der Waals surface area contributed by atoms with Gasteiger partial charge in [0.15, 0.2) is 0 Å². The fourth-order valence-electron chi connectivity index (χ4n) is 2.96. The van der Waals surface area contributed by atoms with Crippen molar-refractivity contribution in [3.63, 3.8) is 0 Å². The molecule has 0 saturated heterocycles. The van der Waals surface area contributed by atoms with E-state index in [2.05, 4.69) is 10.0 Å². The zero-order valence-electron chi connectivity index (χ0n) is 16.7. The summed E-state index contributed by atoms with van der Waals surface area (Å²) in [6, 6.07) is 11.6. The summed E-state index contributed by atoms with van der Waals surface area (Å²) in [4.78, 5) is 12.6. The molecule has 0 aliphatic rings. The molecule has 3 N–H and O–H groups in total. The molecule has 2 aromatic carbocycles. The molecule has 0 fully saturated rings. The van der Waals surface area contributed by atoms with Crippen LogP contribution in [0.4, 0.5) is 5.69 Å². The third-order valence-corrected chi connectivity index (χ3v) is 5.77. The predicted molar refractivity (Wildman–Crippen MR) is 111 cm³/mol. The Labute approximate surface area is 167 Å². The van der Waals surface area contributed by atoms with Crippen molar-refractivity contribution in [1.29, 1.82) is 0 Å². The van der Waals surface area contributed by atoms with Gasteiger partial charge in [0.2, 0.25) is 0 Å². The van der Waals surface area contributed by atoms with Gasteiger partial charge >= 0.3 is 0 Å². The lowest BCUT2D eigenvalue weighted by Gasteiger charge is -2.15. The van der Waals surface area contributed by atoms with Gasteiger partial charge in [0.1, 0.15) is 0 Å². The zero-order valence-corrected chi connectivity index (χ0v) is 17.5. The number of aryl methyl sites for hydroxylation is 2. The first kappa shape index (κ1) is 21.9. The standard InChI is InChI=1S/C21H28N2O4S/c1-14-6-5-7-18(11-14)23-28(26,27)19-9-8-16(3)20(12-19)21(25)22-13-15(2)10-17(4)24/h5-9,11-12,15,17,23-24H,10,13H2,1-4H3,(H,22,25). The Kier molecular flexibility index (Phi) is 7.21. The topological polar surface area (TPSA) is 95.5 Å². The molecule has 6 nitrogen and oxygen atoms in total. The van der Waals surface area contributed by atoms with Gasteiger partial charge in [-0.1, -0.05) is 25.1 Å². The van der Waals surface area contributed by atoms with Crippen LogP contribution in [0.3, 0.4) is 0 Å². The number of carbonyl (C=O) groups excluding carboxylic acids is 1. The Bertz CT molecular complexity index is 939. The molecule has 28 heavy (non-hydrogen) atoms. The molecule has 0 aliphatic carbocycles. The maximum absolute atomic E-state index is 12.7. The number of rotatable bonds is 8. The molecule has 0 heterocycles. The zero-order chi connectivity index (χ0) is 20.9. The van der Waals surface area contributed by atoms with Crippen LogP contribution >= 0.6 is 0 Å². The average molecular weight is 405 g/mol. The van der Waals surface area contributed by atoms with Crippen LogP contribution in [0.15, 0.2) is 47.4 Å². The Morgan fingerprint density at radius 2 is 1.82 bits per heavy atom. The molecule has 0 saturated carbocycles.